The van der Waals surface area contributed by atoms with Gasteiger partial charge in [0.05, 0.1) is 11.6 Å². The maximum Gasteiger partial charge on any atom is 0.163 e. The number of nitrogens with zero attached hydrogens (tertiary/aromatic N) is 5. The lowest BCUT2D eigenvalue weighted by molar-refractivity contribution is 0.563. The Morgan fingerprint density at radius 1 is 1.21 bits per heavy atom. The standard InChI is InChI=1S/C13H18N6/c1-18-12-11(6-16-18)13(15-8-14-12)19-5-4-9-2-3-10(7-19)17-9/h6,8-10,17H,2-5,7H2,1H3. The molecule has 2 fully saturated rings. The summed E-state index contributed by atoms with van der Waals surface area (Å²) in [5, 5.41) is 9.05. The topological polar surface area (TPSA) is 58.9 Å². The second-order valence-corrected chi connectivity index (χ2v) is 5.58. The van der Waals surface area contributed by atoms with Gasteiger partial charge in [-0.15, -0.1) is 0 Å². The van der Waals surface area contributed by atoms with Crippen LogP contribution in [0.5, 0.6) is 0 Å². The molecule has 2 aromatic heterocycles. The summed E-state index contributed by atoms with van der Waals surface area (Å²) in [6, 6.07) is 1.30. The van der Waals surface area contributed by atoms with Crippen molar-refractivity contribution in [2.24, 2.45) is 7.05 Å². The molecule has 1 N–H and O–H groups in total. The molecule has 2 atom stereocenters. The highest BCUT2D eigenvalue weighted by molar-refractivity contribution is 5.86. The maximum absolute atomic E-state index is 4.50. The van der Waals surface area contributed by atoms with Crippen LogP contribution in [0, 0.1) is 0 Å². The second-order valence-electron chi connectivity index (χ2n) is 5.58. The minimum atomic E-state index is 0.606. The van der Waals surface area contributed by atoms with E-state index in [4.69, 9.17) is 0 Å². The van der Waals surface area contributed by atoms with E-state index in [2.05, 4.69) is 25.3 Å². The fraction of sp³-hybridized carbons (Fsp3) is 0.615. The van der Waals surface area contributed by atoms with Gasteiger partial charge in [-0.25, -0.2) is 9.97 Å². The number of aromatic nitrogens is 4. The first-order valence-corrected chi connectivity index (χ1v) is 6.95. The van der Waals surface area contributed by atoms with Crippen molar-refractivity contribution in [2.45, 2.75) is 31.3 Å². The molecule has 0 aromatic carbocycles. The summed E-state index contributed by atoms with van der Waals surface area (Å²) < 4.78 is 1.81. The Balaban J connectivity index is 1.73. The molecule has 4 heterocycles. The van der Waals surface area contributed by atoms with Crippen LogP contribution in [0.15, 0.2) is 12.5 Å². The lowest BCUT2D eigenvalue weighted by Gasteiger charge is -2.25. The highest BCUT2D eigenvalue weighted by atomic mass is 15.3. The Morgan fingerprint density at radius 3 is 3.05 bits per heavy atom. The zero-order valence-electron chi connectivity index (χ0n) is 11.1. The SMILES string of the molecule is Cn1ncc2c(N3CCC4CCC(C3)N4)ncnc21. The van der Waals surface area contributed by atoms with Crippen molar-refractivity contribution in [3.05, 3.63) is 12.5 Å². The van der Waals surface area contributed by atoms with Crippen molar-refractivity contribution in [3.8, 4) is 0 Å². The third-order valence-electron chi connectivity index (χ3n) is 4.33. The normalized spacial score (nSPS) is 26.9. The molecule has 0 amide bonds. The van der Waals surface area contributed by atoms with Crippen LogP contribution in [0.1, 0.15) is 19.3 Å². The molecular formula is C13H18N6. The van der Waals surface area contributed by atoms with Gasteiger partial charge in [0.25, 0.3) is 0 Å². The number of hydrogen-bond acceptors (Lipinski definition) is 5. The molecule has 100 valence electrons. The van der Waals surface area contributed by atoms with Gasteiger partial charge in [0, 0.05) is 32.2 Å². The first-order valence-electron chi connectivity index (χ1n) is 6.95. The zero-order valence-corrected chi connectivity index (χ0v) is 11.1. The molecule has 4 rings (SSSR count). The van der Waals surface area contributed by atoms with Crippen molar-refractivity contribution in [1.82, 2.24) is 25.1 Å². The number of fused-ring (bicyclic) bond motifs is 3. The molecule has 19 heavy (non-hydrogen) atoms. The van der Waals surface area contributed by atoms with Crippen LogP contribution >= 0.6 is 0 Å². The molecule has 2 bridgehead atoms. The quantitative estimate of drug-likeness (QED) is 0.815. The van der Waals surface area contributed by atoms with Crippen LogP contribution in [0.4, 0.5) is 5.82 Å². The molecular weight excluding hydrogens is 240 g/mol. The van der Waals surface area contributed by atoms with Crippen molar-refractivity contribution in [2.75, 3.05) is 18.0 Å². The number of rotatable bonds is 1. The van der Waals surface area contributed by atoms with Crippen LogP contribution < -0.4 is 10.2 Å². The third kappa shape index (κ3) is 1.78. The summed E-state index contributed by atoms with van der Waals surface area (Å²) >= 11 is 0. The van der Waals surface area contributed by atoms with Gasteiger partial charge in [0.15, 0.2) is 5.65 Å². The van der Waals surface area contributed by atoms with Crippen LogP contribution in [-0.4, -0.2) is 44.9 Å². The van der Waals surface area contributed by atoms with Gasteiger partial charge >= 0.3 is 0 Å². The van der Waals surface area contributed by atoms with Gasteiger partial charge in [0.2, 0.25) is 0 Å². The van der Waals surface area contributed by atoms with Gasteiger partial charge in [-0.2, -0.15) is 5.10 Å². The van der Waals surface area contributed by atoms with Gasteiger partial charge in [-0.05, 0) is 19.3 Å². The number of hydrogen-bond donors (Lipinski definition) is 1. The molecule has 0 radical (unpaired) electrons. The van der Waals surface area contributed by atoms with E-state index >= 15 is 0 Å². The lowest BCUT2D eigenvalue weighted by Crippen LogP contribution is -2.35. The molecule has 6 nitrogen and oxygen atoms in total. The highest BCUT2D eigenvalue weighted by Gasteiger charge is 2.30. The van der Waals surface area contributed by atoms with Crippen LogP contribution in [-0.2, 0) is 7.05 Å². The van der Waals surface area contributed by atoms with E-state index in [0.717, 1.165) is 29.9 Å². The van der Waals surface area contributed by atoms with Crippen molar-refractivity contribution in [3.63, 3.8) is 0 Å². The summed E-state index contributed by atoms with van der Waals surface area (Å²) in [7, 11) is 1.92. The van der Waals surface area contributed by atoms with E-state index in [9.17, 15) is 0 Å². The number of nitrogens with one attached hydrogen (secondary N) is 1. The summed E-state index contributed by atoms with van der Waals surface area (Å²) in [6.45, 7) is 2.10. The third-order valence-corrected chi connectivity index (χ3v) is 4.33. The molecule has 2 aromatic rings. The largest absolute Gasteiger partial charge is 0.354 e. The fourth-order valence-corrected chi connectivity index (χ4v) is 3.34. The van der Waals surface area contributed by atoms with Crippen LogP contribution in [0.3, 0.4) is 0 Å². The Labute approximate surface area is 111 Å². The molecule has 2 unspecified atom stereocenters. The fourth-order valence-electron chi connectivity index (χ4n) is 3.34. The van der Waals surface area contributed by atoms with E-state index in [0.29, 0.717) is 12.1 Å². The molecule has 6 heteroatoms. The summed E-state index contributed by atoms with van der Waals surface area (Å²) in [5.41, 5.74) is 0.910. The smallest absolute Gasteiger partial charge is 0.163 e. The van der Waals surface area contributed by atoms with Crippen molar-refractivity contribution >= 4 is 16.9 Å². The van der Waals surface area contributed by atoms with Gasteiger partial charge in [-0.3, -0.25) is 4.68 Å². The Kier molecular flexibility index (Phi) is 2.44. The summed E-state index contributed by atoms with van der Waals surface area (Å²) in [6.07, 6.45) is 7.33. The average molecular weight is 258 g/mol. The maximum atomic E-state index is 4.50. The molecule has 2 aliphatic heterocycles. The monoisotopic (exact) mass is 258 g/mol. The minimum Gasteiger partial charge on any atom is -0.354 e. The molecule has 2 aliphatic rings. The highest BCUT2D eigenvalue weighted by Crippen LogP contribution is 2.27. The van der Waals surface area contributed by atoms with E-state index in [1.54, 1.807) is 6.33 Å². The Morgan fingerprint density at radius 2 is 2.11 bits per heavy atom. The molecule has 2 saturated heterocycles. The Bertz CT molecular complexity index is 606. The summed E-state index contributed by atoms with van der Waals surface area (Å²) in [4.78, 5) is 11.2. The van der Waals surface area contributed by atoms with Gasteiger partial charge in [0.1, 0.15) is 12.1 Å². The zero-order chi connectivity index (χ0) is 12.8. The van der Waals surface area contributed by atoms with E-state index < -0.39 is 0 Å². The predicted molar refractivity (Wildman–Crippen MR) is 73.1 cm³/mol. The van der Waals surface area contributed by atoms with Crippen molar-refractivity contribution in [1.29, 1.82) is 0 Å². The van der Waals surface area contributed by atoms with Crippen molar-refractivity contribution < 1.29 is 0 Å². The minimum absolute atomic E-state index is 0.606. The average Bonchev–Trinajstić information content (AvgIpc) is 2.94. The lowest BCUT2D eigenvalue weighted by atomic mass is 10.1. The van der Waals surface area contributed by atoms with Crippen LogP contribution in [0.25, 0.3) is 11.0 Å². The molecule has 0 spiro atoms. The number of aryl methyl sites for hydroxylation is 1. The van der Waals surface area contributed by atoms with Crippen LogP contribution in [0.2, 0.25) is 0 Å². The molecule has 0 saturated carbocycles. The Hall–Kier alpha value is -1.69. The van der Waals surface area contributed by atoms with E-state index in [1.165, 1.54) is 19.3 Å². The first-order chi connectivity index (χ1) is 9.31. The summed E-state index contributed by atoms with van der Waals surface area (Å²) in [5.74, 6) is 1.03. The number of anilines is 1. The van der Waals surface area contributed by atoms with Gasteiger partial charge < -0.3 is 10.2 Å². The van der Waals surface area contributed by atoms with Gasteiger partial charge in [-0.1, -0.05) is 0 Å². The first kappa shape index (κ1) is 11.2. The molecule has 0 aliphatic carbocycles. The van der Waals surface area contributed by atoms with E-state index in [1.807, 2.05) is 17.9 Å². The predicted octanol–water partition coefficient (Wildman–Crippen LogP) is 0.694. The van der Waals surface area contributed by atoms with E-state index in [-0.39, 0.29) is 0 Å². The second kappa shape index (κ2) is 4.16.